The summed E-state index contributed by atoms with van der Waals surface area (Å²) >= 11 is 0. The van der Waals surface area contributed by atoms with E-state index in [0.717, 1.165) is 17.7 Å². The van der Waals surface area contributed by atoms with E-state index in [0.29, 0.717) is 19.0 Å². The minimum Gasteiger partial charge on any atom is -0.481 e. The van der Waals surface area contributed by atoms with Gasteiger partial charge in [0, 0.05) is 32.1 Å². The van der Waals surface area contributed by atoms with E-state index in [1.807, 2.05) is 12.1 Å². The number of pyridine rings is 1. The smallest absolute Gasteiger partial charge is 0.260 e. The number of halogens is 2. The molecule has 0 saturated carbocycles. The van der Waals surface area contributed by atoms with E-state index in [9.17, 15) is 13.6 Å². The Morgan fingerprint density at radius 3 is 2.64 bits per heavy atom. The molecule has 2 aromatic rings. The van der Waals surface area contributed by atoms with E-state index < -0.39 is 11.6 Å². The highest BCUT2D eigenvalue weighted by molar-refractivity contribution is 5.77. The molecule has 22 heavy (non-hydrogen) atoms. The first kappa shape index (κ1) is 15.9. The molecular weight excluding hydrogens is 290 g/mol. The van der Waals surface area contributed by atoms with Crippen LogP contribution in [0.4, 0.5) is 8.78 Å². The highest BCUT2D eigenvalue weighted by Gasteiger charge is 2.12. The normalized spacial score (nSPS) is 10.3. The molecule has 1 amide bonds. The summed E-state index contributed by atoms with van der Waals surface area (Å²) in [5.41, 5.74) is 1.07. The van der Waals surface area contributed by atoms with Crippen molar-refractivity contribution in [3.63, 3.8) is 0 Å². The number of amides is 1. The second kappa shape index (κ2) is 7.49. The van der Waals surface area contributed by atoms with Gasteiger partial charge in [-0.2, -0.15) is 0 Å². The van der Waals surface area contributed by atoms with Gasteiger partial charge in [-0.15, -0.1) is 0 Å². The van der Waals surface area contributed by atoms with Gasteiger partial charge in [-0.1, -0.05) is 0 Å². The van der Waals surface area contributed by atoms with Crippen molar-refractivity contribution in [1.82, 2.24) is 9.88 Å². The lowest BCUT2D eigenvalue weighted by Crippen LogP contribution is -2.33. The lowest BCUT2D eigenvalue weighted by atomic mass is 10.2. The SMILES string of the molecule is CN(CCc1ccncc1)C(=O)COc1ccc(F)cc1F. The average Bonchev–Trinajstić information content (AvgIpc) is 2.52. The number of likely N-dealkylation sites (N-methyl/N-ethyl adjacent to an activating group) is 1. The lowest BCUT2D eigenvalue weighted by molar-refractivity contribution is -0.132. The number of nitrogens with zero attached hydrogens (tertiary/aromatic N) is 2. The number of benzene rings is 1. The number of carbonyl (C=O) groups excluding carboxylic acids is 1. The second-order valence-corrected chi connectivity index (χ2v) is 4.78. The molecule has 0 atom stereocenters. The fourth-order valence-electron chi connectivity index (χ4n) is 1.81. The van der Waals surface area contributed by atoms with Crippen LogP contribution >= 0.6 is 0 Å². The van der Waals surface area contributed by atoms with E-state index in [4.69, 9.17) is 4.74 Å². The Morgan fingerprint density at radius 1 is 1.23 bits per heavy atom. The molecule has 0 saturated heterocycles. The molecule has 0 unspecified atom stereocenters. The Kier molecular flexibility index (Phi) is 5.41. The summed E-state index contributed by atoms with van der Waals surface area (Å²) in [5.74, 6) is -1.94. The van der Waals surface area contributed by atoms with Crippen LogP contribution in [-0.4, -0.2) is 36.0 Å². The number of hydrogen-bond acceptors (Lipinski definition) is 3. The van der Waals surface area contributed by atoms with Crippen LogP contribution in [0.2, 0.25) is 0 Å². The zero-order valence-corrected chi connectivity index (χ0v) is 12.1. The molecule has 0 aliphatic carbocycles. The molecule has 0 N–H and O–H groups in total. The van der Waals surface area contributed by atoms with E-state index in [1.54, 1.807) is 19.4 Å². The summed E-state index contributed by atoms with van der Waals surface area (Å²) in [5, 5.41) is 0. The molecule has 6 heteroatoms. The molecule has 1 aromatic carbocycles. The first-order valence-corrected chi connectivity index (χ1v) is 6.77. The summed E-state index contributed by atoms with van der Waals surface area (Å²) in [6.45, 7) is 0.216. The van der Waals surface area contributed by atoms with Crippen LogP contribution in [0.5, 0.6) is 5.75 Å². The van der Waals surface area contributed by atoms with Crippen LogP contribution in [0.1, 0.15) is 5.56 Å². The molecule has 1 aromatic heterocycles. The molecule has 116 valence electrons. The molecule has 0 aliphatic rings. The monoisotopic (exact) mass is 306 g/mol. The minimum absolute atomic E-state index is 0.141. The maximum absolute atomic E-state index is 13.4. The minimum atomic E-state index is -0.827. The van der Waals surface area contributed by atoms with Crippen molar-refractivity contribution in [2.24, 2.45) is 0 Å². The first-order valence-electron chi connectivity index (χ1n) is 6.77. The van der Waals surface area contributed by atoms with Crippen molar-refractivity contribution >= 4 is 5.91 Å². The molecule has 0 bridgehead atoms. The quantitative estimate of drug-likeness (QED) is 0.823. The third-order valence-electron chi connectivity index (χ3n) is 3.16. The zero-order valence-electron chi connectivity index (χ0n) is 12.1. The van der Waals surface area contributed by atoms with Gasteiger partial charge in [0.2, 0.25) is 0 Å². The number of hydrogen-bond donors (Lipinski definition) is 0. The Morgan fingerprint density at radius 2 is 1.95 bits per heavy atom. The Labute approximate surface area is 127 Å². The highest BCUT2D eigenvalue weighted by Crippen LogP contribution is 2.17. The van der Waals surface area contributed by atoms with Crippen molar-refractivity contribution in [2.45, 2.75) is 6.42 Å². The van der Waals surface area contributed by atoms with E-state index in [1.165, 1.54) is 4.90 Å². The fraction of sp³-hybridized carbons (Fsp3) is 0.250. The van der Waals surface area contributed by atoms with E-state index in [2.05, 4.69) is 4.98 Å². The van der Waals surface area contributed by atoms with Gasteiger partial charge < -0.3 is 9.64 Å². The van der Waals surface area contributed by atoms with Crippen molar-refractivity contribution < 1.29 is 18.3 Å². The maximum atomic E-state index is 13.4. The second-order valence-electron chi connectivity index (χ2n) is 4.78. The van der Waals surface area contributed by atoms with Gasteiger partial charge >= 0.3 is 0 Å². The van der Waals surface area contributed by atoms with E-state index >= 15 is 0 Å². The van der Waals surface area contributed by atoms with Crippen molar-refractivity contribution in [2.75, 3.05) is 20.2 Å². The van der Waals surface area contributed by atoms with Crippen LogP contribution in [-0.2, 0) is 11.2 Å². The molecular formula is C16H16F2N2O2. The van der Waals surface area contributed by atoms with Crippen molar-refractivity contribution in [1.29, 1.82) is 0 Å². The summed E-state index contributed by atoms with van der Waals surface area (Å²) in [6.07, 6.45) is 4.07. The predicted molar refractivity (Wildman–Crippen MR) is 77.4 cm³/mol. The largest absolute Gasteiger partial charge is 0.481 e. The fourth-order valence-corrected chi connectivity index (χ4v) is 1.81. The first-order chi connectivity index (χ1) is 10.6. The molecule has 0 aliphatic heterocycles. The number of carbonyl (C=O) groups is 1. The molecule has 0 radical (unpaired) electrons. The highest BCUT2D eigenvalue weighted by atomic mass is 19.1. The summed E-state index contributed by atoms with van der Waals surface area (Å²) in [7, 11) is 1.65. The Hall–Kier alpha value is -2.50. The van der Waals surface area contributed by atoms with Gasteiger partial charge in [-0.05, 0) is 36.2 Å². The Balaban J connectivity index is 1.81. The Bertz CT molecular complexity index is 635. The molecule has 1 heterocycles. The van der Waals surface area contributed by atoms with Crippen LogP contribution in [0, 0.1) is 11.6 Å². The number of rotatable bonds is 6. The summed E-state index contributed by atoms with van der Waals surface area (Å²) in [4.78, 5) is 17.3. The van der Waals surface area contributed by atoms with Crippen molar-refractivity contribution in [3.8, 4) is 5.75 Å². The van der Waals surface area contributed by atoms with Crippen LogP contribution in [0.25, 0.3) is 0 Å². The van der Waals surface area contributed by atoms with Crippen LogP contribution in [0.3, 0.4) is 0 Å². The third-order valence-corrected chi connectivity index (χ3v) is 3.16. The average molecular weight is 306 g/mol. The third kappa shape index (κ3) is 4.51. The van der Waals surface area contributed by atoms with E-state index in [-0.39, 0.29) is 18.3 Å². The van der Waals surface area contributed by atoms with Crippen LogP contribution in [0.15, 0.2) is 42.7 Å². The maximum Gasteiger partial charge on any atom is 0.260 e. The molecule has 2 rings (SSSR count). The zero-order chi connectivity index (χ0) is 15.9. The topological polar surface area (TPSA) is 42.4 Å². The van der Waals surface area contributed by atoms with Gasteiger partial charge in [0.15, 0.2) is 18.2 Å². The molecule has 4 nitrogen and oxygen atoms in total. The van der Waals surface area contributed by atoms with Gasteiger partial charge in [-0.25, -0.2) is 8.78 Å². The molecule has 0 fully saturated rings. The molecule has 0 spiro atoms. The lowest BCUT2D eigenvalue weighted by Gasteiger charge is -2.17. The van der Waals surface area contributed by atoms with Gasteiger partial charge in [-0.3, -0.25) is 9.78 Å². The van der Waals surface area contributed by atoms with Crippen LogP contribution < -0.4 is 4.74 Å². The summed E-state index contributed by atoms with van der Waals surface area (Å²) < 4.78 is 31.2. The van der Waals surface area contributed by atoms with Crippen molar-refractivity contribution in [3.05, 3.63) is 59.9 Å². The summed E-state index contributed by atoms with van der Waals surface area (Å²) in [6, 6.07) is 6.71. The number of aromatic nitrogens is 1. The van der Waals surface area contributed by atoms with Gasteiger partial charge in [0.1, 0.15) is 5.82 Å². The predicted octanol–water partition coefficient (Wildman–Crippen LogP) is 2.44. The standard InChI is InChI=1S/C16H16F2N2O2/c1-20(9-6-12-4-7-19-8-5-12)16(21)11-22-15-3-2-13(17)10-14(15)18/h2-5,7-8,10H,6,9,11H2,1H3. The van der Waals surface area contributed by atoms with Gasteiger partial charge in [0.25, 0.3) is 5.91 Å². The number of ether oxygens (including phenoxy) is 1. The van der Waals surface area contributed by atoms with Gasteiger partial charge in [0.05, 0.1) is 0 Å².